The number of methoxy groups -OCH3 is 2. The number of carbonyl (C=O) groups is 1. The summed E-state index contributed by atoms with van der Waals surface area (Å²) in [6.07, 6.45) is 2.79. The molecule has 0 saturated carbocycles. The monoisotopic (exact) mass is 384 g/mol. The lowest BCUT2D eigenvalue weighted by Crippen LogP contribution is -2.49. The number of carbonyl (C=O) groups excluding carboxylic acids is 1. The number of hydrogen-bond acceptors (Lipinski definition) is 5. The third kappa shape index (κ3) is 4.67. The van der Waals surface area contributed by atoms with E-state index in [2.05, 4.69) is 5.32 Å². The molecule has 1 saturated heterocycles. The Morgan fingerprint density at radius 3 is 2.42 bits per heavy atom. The Morgan fingerprint density at radius 2 is 1.85 bits per heavy atom. The number of sulfonamides is 1. The molecule has 0 bridgehead atoms. The Morgan fingerprint density at radius 1 is 1.19 bits per heavy atom. The van der Waals surface area contributed by atoms with Gasteiger partial charge in [0.2, 0.25) is 10.0 Å². The number of hydrogen-bond donors (Lipinski definition) is 1. The van der Waals surface area contributed by atoms with Crippen molar-refractivity contribution in [3.63, 3.8) is 0 Å². The van der Waals surface area contributed by atoms with E-state index >= 15 is 0 Å². The lowest BCUT2D eigenvalue weighted by molar-refractivity contribution is 0.0953. The summed E-state index contributed by atoms with van der Waals surface area (Å²) in [4.78, 5) is 12.4. The molecule has 146 valence electrons. The molecule has 1 amide bonds. The molecule has 1 aliphatic rings. The maximum Gasteiger partial charge on any atom is 0.255 e. The van der Waals surface area contributed by atoms with Crippen LogP contribution in [0.1, 0.15) is 43.5 Å². The van der Waals surface area contributed by atoms with E-state index in [1.807, 2.05) is 13.8 Å². The molecule has 1 aliphatic heterocycles. The van der Waals surface area contributed by atoms with E-state index in [-0.39, 0.29) is 30.3 Å². The summed E-state index contributed by atoms with van der Waals surface area (Å²) < 4.78 is 37.2. The molecule has 0 aliphatic carbocycles. The zero-order valence-electron chi connectivity index (χ0n) is 15.8. The highest BCUT2D eigenvalue weighted by Crippen LogP contribution is 2.26. The van der Waals surface area contributed by atoms with Gasteiger partial charge in [0.25, 0.3) is 5.91 Å². The van der Waals surface area contributed by atoms with Gasteiger partial charge in [-0.25, -0.2) is 8.42 Å². The van der Waals surface area contributed by atoms with Crippen LogP contribution in [-0.4, -0.2) is 57.2 Å². The number of rotatable bonds is 7. The van der Waals surface area contributed by atoms with Crippen molar-refractivity contribution in [2.24, 2.45) is 0 Å². The first-order valence-electron chi connectivity index (χ1n) is 8.81. The van der Waals surface area contributed by atoms with Gasteiger partial charge in [-0.2, -0.15) is 4.31 Å². The first-order chi connectivity index (χ1) is 12.3. The molecule has 1 aromatic carbocycles. The molecule has 2 rings (SSSR count). The minimum absolute atomic E-state index is 0.00105. The van der Waals surface area contributed by atoms with E-state index in [1.54, 1.807) is 22.5 Å². The molecule has 0 unspecified atom stereocenters. The summed E-state index contributed by atoms with van der Waals surface area (Å²) in [6, 6.07) is 4.87. The number of benzene rings is 1. The topological polar surface area (TPSA) is 84.9 Å². The minimum Gasteiger partial charge on any atom is -0.497 e. The van der Waals surface area contributed by atoms with Crippen LogP contribution in [0.25, 0.3) is 0 Å². The zero-order valence-corrected chi connectivity index (χ0v) is 16.6. The van der Waals surface area contributed by atoms with Crippen molar-refractivity contribution in [1.82, 2.24) is 9.62 Å². The summed E-state index contributed by atoms with van der Waals surface area (Å²) in [5.74, 6) is 0.461. The number of nitrogens with zero attached hydrogens (tertiary/aromatic N) is 1. The van der Waals surface area contributed by atoms with Gasteiger partial charge in [0, 0.05) is 24.7 Å². The zero-order chi connectivity index (χ0) is 19.3. The minimum atomic E-state index is -3.42. The maximum absolute atomic E-state index is 12.7. The van der Waals surface area contributed by atoms with Crippen LogP contribution in [0, 0.1) is 0 Å². The van der Waals surface area contributed by atoms with Crippen molar-refractivity contribution in [3.8, 4) is 11.5 Å². The molecule has 8 heteroatoms. The fraction of sp³-hybridized carbons (Fsp3) is 0.611. The molecule has 26 heavy (non-hydrogen) atoms. The van der Waals surface area contributed by atoms with Crippen LogP contribution < -0.4 is 14.8 Å². The van der Waals surface area contributed by atoms with Gasteiger partial charge in [0.15, 0.2) is 0 Å². The molecule has 2 atom stereocenters. The van der Waals surface area contributed by atoms with E-state index in [1.165, 1.54) is 14.2 Å². The first-order valence-corrected chi connectivity index (χ1v) is 10.4. The van der Waals surface area contributed by atoms with Gasteiger partial charge in [-0.3, -0.25) is 4.79 Å². The average Bonchev–Trinajstić information content (AvgIpc) is 2.60. The largest absolute Gasteiger partial charge is 0.497 e. The molecule has 1 fully saturated rings. The predicted molar refractivity (Wildman–Crippen MR) is 100 cm³/mol. The quantitative estimate of drug-likeness (QED) is 0.777. The Balaban J connectivity index is 1.99. The molecule has 0 radical (unpaired) electrons. The van der Waals surface area contributed by atoms with Crippen LogP contribution in [0.3, 0.4) is 0 Å². The third-order valence-corrected chi connectivity index (χ3v) is 6.81. The summed E-state index contributed by atoms with van der Waals surface area (Å²) in [5, 5.41) is 2.67. The molecule has 0 spiro atoms. The van der Waals surface area contributed by atoms with Crippen molar-refractivity contribution >= 4 is 15.9 Å². The van der Waals surface area contributed by atoms with Crippen LogP contribution in [0.5, 0.6) is 11.5 Å². The van der Waals surface area contributed by atoms with Crippen molar-refractivity contribution < 1.29 is 22.7 Å². The van der Waals surface area contributed by atoms with Crippen molar-refractivity contribution in [2.75, 3.05) is 26.5 Å². The summed E-state index contributed by atoms with van der Waals surface area (Å²) in [5.41, 5.74) is 0.338. The van der Waals surface area contributed by atoms with Gasteiger partial charge < -0.3 is 14.8 Å². The Bertz CT molecular complexity index is 725. The second kappa shape index (κ2) is 8.73. The van der Waals surface area contributed by atoms with E-state index in [4.69, 9.17) is 9.47 Å². The van der Waals surface area contributed by atoms with Gasteiger partial charge >= 0.3 is 0 Å². The predicted octanol–water partition coefficient (Wildman–Crippen LogP) is 2.03. The Kier molecular flexibility index (Phi) is 6.88. The second-order valence-corrected chi connectivity index (χ2v) is 8.59. The van der Waals surface area contributed by atoms with Gasteiger partial charge in [-0.05, 0) is 38.8 Å². The fourth-order valence-electron chi connectivity index (χ4n) is 3.43. The van der Waals surface area contributed by atoms with E-state index in [0.29, 0.717) is 17.1 Å². The van der Waals surface area contributed by atoms with Crippen LogP contribution in [0.4, 0.5) is 0 Å². The van der Waals surface area contributed by atoms with Gasteiger partial charge in [-0.15, -0.1) is 0 Å². The smallest absolute Gasteiger partial charge is 0.255 e. The van der Waals surface area contributed by atoms with Gasteiger partial charge in [0.05, 0.1) is 25.5 Å². The SMILES string of the molecule is COc1ccc(C(=O)NCCS(=O)(=O)N2[C@@H](C)CCC[C@@H]2C)c(OC)c1. The van der Waals surface area contributed by atoms with Gasteiger partial charge in [-0.1, -0.05) is 6.42 Å². The van der Waals surface area contributed by atoms with Crippen molar-refractivity contribution in [1.29, 1.82) is 0 Å². The molecule has 1 heterocycles. The highest BCUT2D eigenvalue weighted by molar-refractivity contribution is 7.89. The van der Waals surface area contributed by atoms with E-state index in [9.17, 15) is 13.2 Å². The Labute approximate surface area is 155 Å². The summed E-state index contributed by atoms with van der Waals surface area (Å²) in [7, 11) is -0.421. The molecule has 1 N–H and O–H groups in total. The molecule has 0 aromatic heterocycles. The third-order valence-electron chi connectivity index (χ3n) is 4.73. The summed E-state index contributed by atoms with van der Waals surface area (Å²) >= 11 is 0. The maximum atomic E-state index is 12.7. The molecule has 1 aromatic rings. The average molecular weight is 384 g/mol. The van der Waals surface area contributed by atoms with E-state index < -0.39 is 10.0 Å². The number of nitrogens with one attached hydrogen (secondary N) is 1. The highest BCUT2D eigenvalue weighted by atomic mass is 32.2. The van der Waals surface area contributed by atoms with Crippen molar-refractivity contribution in [3.05, 3.63) is 23.8 Å². The van der Waals surface area contributed by atoms with Crippen LogP contribution >= 0.6 is 0 Å². The lowest BCUT2D eigenvalue weighted by atomic mass is 10.0. The van der Waals surface area contributed by atoms with Crippen LogP contribution in [0.15, 0.2) is 18.2 Å². The second-order valence-electron chi connectivity index (χ2n) is 6.60. The molecule has 7 nitrogen and oxygen atoms in total. The first kappa shape index (κ1) is 20.5. The molecular weight excluding hydrogens is 356 g/mol. The number of amides is 1. The van der Waals surface area contributed by atoms with Crippen LogP contribution in [0.2, 0.25) is 0 Å². The van der Waals surface area contributed by atoms with Gasteiger partial charge in [0.1, 0.15) is 11.5 Å². The number of ether oxygens (including phenoxy) is 2. The standard InChI is InChI=1S/C18H28N2O5S/c1-13-6-5-7-14(2)20(13)26(22,23)11-10-19-18(21)16-9-8-15(24-3)12-17(16)25-4/h8-9,12-14H,5-7,10-11H2,1-4H3,(H,19,21)/t13-,14-/m0/s1. The summed E-state index contributed by atoms with van der Waals surface area (Å²) in [6.45, 7) is 3.92. The van der Waals surface area contributed by atoms with Crippen LogP contribution in [-0.2, 0) is 10.0 Å². The highest BCUT2D eigenvalue weighted by Gasteiger charge is 2.34. The van der Waals surface area contributed by atoms with Crippen molar-refractivity contribution in [2.45, 2.75) is 45.2 Å². The fourth-order valence-corrected chi connectivity index (χ4v) is 5.30. The normalized spacial score (nSPS) is 21.2. The lowest BCUT2D eigenvalue weighted by Gasteiger charge is -2.37. The molecular formula is C18H28N2O5S. The number of piperidine rings is 1. The van der Waals surface area contributed by atoms with E-state index in [0.717, 1.165) is 19.3 Å². The Hall–Kier alpha value is -1.80.